The van der Waals surface area contributed by atoms with Crippen LogP contribution in [0.15, 0.2) is 0 Å². The molecule has 24 atom stereocenters. The summed E-state index contributed by atoms with van der Waals surface area (Å²) in [4.78, 5) is 108. The average Bonchev–Trinajstić information content (AvgIpc) is 1.63. The molecule has 0 radical (unpaired) electrons. The summed E-state index contributed by atoms with van der Waals surface area (Å²) >= 11 is 0. The molecule has 26 fully saturated rings. The number of hydrogen-bond acceptors (Lipinski definition) is 21. The van der Waals surface area contributed by atoms with E-state index >= 15 is 0 Å². The van der Waals surface area contributed by atoms with Crippen LogP contribution in [0, 0.1) is 107 Å². The van der Waals surface area contributed by atoms with Crippen molar-refractivity contribution in [3.05, 3.63) is 0 Å². The minimum absolute atomic E-state index is 0.0324. The quantitative estimate of drug-likeness (QED) is 0.161. The molecule has 12 saturated carbocycles. The van der Waals surface area contributed by atoms with E-state index in [2.05, 4.69) is 9.47 Å². The van der Waals surface area contributed by atoms with E-state index in [4.69, 9.17) is 42.6 Å². The first-order valence-electron chi connectivity index (χ1n) is 46.7. The molecule has 0 N–H and O–H groups in total. The van der Waals surface area contributed by atoms with Crippen LogP contribution >= 0.6 is 0 Å². The lowest BCUT2D eigenvalue weighted by atomic mass is 9.65. The van der Waals surface area contributed by atoms with E-state index in [1.165, 1.54) is 77.0 Å². The van der Waals surface area contributed by atoms with Gasteiger partial charge in [0.05, 0.1) is 79.9 Å². The van der Waals surface area contributed by atoms with Gasteiger partial charge in [-0.25, -0.2) is 0 Å². The van der Waals surface area contributed by atoms with Crippen LogP contribution in [0.5, 0.6) is 0 Å². The third-order valence-corrected chi connectivity index (χ3v) is 25.8. The highest BCUT2D eigenvalue weighted by molar-refractivity contribution is 5.79. The molecule has 21 nitrogen and oxygen atoms in total. The van der Waals surface area contributed by atoms with Gasteiger partial charge in [0.2, 0.25) is 0 Å². The van der Waals surface area contributed by atoms with Gasteiger partial charge in [0.15, 0.2) is 0 Å². The van der Waals surface area contributed by atoms with Crippen molar-refractivity contribution in [3.8, 4) is 0 Å². The molecule has 0 aromatic rings. The highest BCUT2D eigenvalue weighted by Crippen LogP contribution is 2.57. The number of ether oxygens (including phenoxy) is 11. The topological polar surface area (TPSA) is 272 Å². The molecule has 0 aromatic carbocycles. The van der Waals surface area contributed by atoms with Crippen LogP contribution in [0.3, 0.4) is 0 Å². The van der Waals surface area contributed by atoms with Gasteiger partial charge >= 0.3 is 59.7 Å². The summed E-state index contributed by atoms with van der Waals surface area (Å²) in [5.74, 6) is 9.56. The van der Waals surface area contributed by atoms with Gasteiger partial charge < -0.3 is 52.1 Å². The molecular formula is C92H158O21. The molecule has 113 heavy (non-hydrogen) atoms. The maximum atomic E-state index is 11.2. The molecule has 18 bridgehead atoms. The lowest BCUT2D eigenvalue weighted by molar-refractivity contribution is -0.170. The summed E-state index contributed by atoms with van der Waals surface area (Å²) in [6, 6.07) is 0. The number of carbonyl (C=O) groups excluding carboxylic acids is 10. The molecule has 21 heteroatoms. The number of fused-ring (bicyclic) bond motifs is 15. The molecule has 0 spiro atoms. The van der Waals surface area contributed by atoms with Crippen LogP contribution in [0.1, 0.15) is 344 Å². The maximum Gasteiger partial charge on any atom is 0.312 e. The molecule has 26 rings (SSSR count). The Kier molecular flexibility index (Phi) is 47.1. The lowest BCUT2D eigenvalue weighted by Crippen LogP contribution is -2.39. The minimum atomic E-state index is -0.0463. The Morgan fingerprint density at radius 2 is 0.788 bits per heavy atom. The van der Waals surface area contributed by atoms with E-state index in [1.54, 1.807) is 0 Å². The third-order valence-electron chi connectivity index (χ3n) is 25.8. The normalized spacial score (nSPS) is 38.0. The average molecular weight is 1600 g/mol. The van der Waals surface area contributed by atoms with E-state index in [1.807, 2.05) is 138 Å². The Hall–Kier alpha value is -5.34. The highest BCUT2D eigenvalue weighted by atomic mass is 16.6. The van der Waals surface area contributed by atoms with Crippen molar-refractivity contribution in [2.75, 3.05) is 26.4 Å². The Balaban J connectivity index is 0.000000259. The standard InChI is InChI=1S/2C9H12O2.2C8H10O2.C8H12O2.C7H8O3.2C7H10O2.C5H8O2.C4H6O2.10C2H6/c10-9-8-6-2-1-5(3-6)7(8)4-11-9;10-9-7-3-5-1-2-6(7)8(4-5)11-9;9-8-6-2-5-1-4(6)3-7(5)10-8;9-8-6-2-4-1-5(6)7(3-4)10-8;9-8-7-4-2-1-3-6(7)5-10-8;8-7-4-1-3-2-5(10-7)6(4)9-3;8-7-5-1-3-6(9-7)4-2-5;8-7-5-2-1-3-6(4-5)9-7;6-5-3-1-2-4-7-5;5-4-2-1-3-6-4;10*1-2/h2*5-8H,1-4H2;2*4-7H,1-3H2;6-7H,1-5H2;3-6H,1-2H2;2*5-6H,1-4H2;1-4H2;1-3H2;10*1-2H3. The van der Waals surface area contributed by atoms with Crippen molar-refractivity contribution in [1.29, 1.82) is 0 Å². The van der Waals surface area contributed by atoms with Crippen LogP contribution in [-0.2, 0) is 100 Å². The maximum absolute atomic E-state index is 11.2. The van der Waals surface area contributed by atoms with Crippen LogP contribution in [-0.4, -0.2) is 135 Å². The lowest BCUT2D eigenvalue weighted by Gasteiger charge is -2.38. The molecule has 26 aliphatic rings. The first-order chi connectivity index (χ1) is 55.1. The summed E-state index contributed by atoms with van der Waals surface area (Å²) < 4.78 is 55.5. The van der Waals surface area contributed by atoms with Crippen molar-refractivity contribution < 1.29 is 100 Å². The molecule has 14 aliphatic heterocycles. The summed E-state index contributed by atoms with van der Waals surface area (Å²) in [6.07, 6.45) is 37.6. The van der Waals surface area contributed by atoms with Gasteiger partial charge in [-0.05, 0) is 209 Å². The second-order valence-corrected chi connectivity index (χ2v) is 31.3. The van der Waals surface area contributed by atoms with Crippen molar-refractivity contribution >= 4 is 59.7 Å². The Morgan fingerprint density at radius 1 is 0.248 bits per heavy atom. The Morgan fingerprint density at radius 3 is 1.23 bits per heavy atom. The van der Waals surface area contributed by atoms with Crippen molar-refractivity contribution in [3.63, 3.8) is 0 Å². The zero-order valence-corrected chi connectivity index (χ0v) is 74.0. The fraction of sp³-hybridized carbons (Fsp3) is 0.891. The van der Waals surface area contributed by atoms with Gasteiger partial charge in [-0.3, -0.25) is 47.9 Å². The van der Waals surface area contributed by atoms with Crippen molar-refractivity contribution in [2.45, 2.75) is 393 Å². The van der Waals surface area contributed by atoms with E-state index in [-0.39, 0.29) is 108 Å². The molecular weight excluding hydrogens is 1440 g/mol. The summed E-state index contributed by atoms with van der Waals surface area (Å²) in [5.41, 5.74) is 0. The minimum Gasteiger partial charge on any atom is -0.466 e. The largest absolute Gasteiger partial charge is 0.466 e. The highest BCUT2D eigenvalue weighted by Gasteiger charge is 2.60. The van der Waals surface area contributed by atoms with E-state index < -0.39 is 0 Å². The summed E-state index contributed by atoms with van der Waals surface area (Å²) in [6.45, 7) is 42.7. The van der Waals surface area contributed by atoms with Crippen LogP contribution in [0.25, 0.3) is 0 Å². The number of cyclic esters (lactones) is 4. The summed E-state index contributed by atoms with van der Waals surface area (Å²) in [7, 11) is 0. The smallest absolute Gasteiger partial charge is 0.312 e. The number of rotatable bonds is 0. The zero-order chi connectivity index (χ0) is 84.0. The van der Waals surface area contributed by atoms with E-state index in [0.717, 1.165) is 146 Å². The van der Waals surface area contributed by atoms with Crippen molar-refractivity contribution in [2.24, 2.45) is 107 Å². The Labute approximate surface area is 682 Å². The molecule has 14 saturated heterocycles. The fourth-order valence-electron chi connectivity index (χ4n) is 21.0. The van der Waals surface area contributed by atoms with Gasteiger partial charge in [-0.15, -0.1) is 0 Å². The van der Waals surface area contributed by atoms with E-state index in [0.29, 0.717) is 116 Å². The van der Waals surface area contributed by atoms with Gasteiger partial charge in [-0.1, -0.05) is 151 Å². The van der Waals surface area contributed by atoms with Crippen LogP contribution < -0.4 is 0 Å². The van der Waals surface area contributed by atoms with E-state index in [9.17, 15) is 47.9 Å². The summed E-state index contributed by atoms with van der Waals surface area (Å²) in [5, 5.41) is 0. The number of esters is 10. The predicted molar refractivity (Wildman–Crippen MR) is 436 cm³/mol. The second kappa shape index (κ2) is 53.2. The first-order valence-corrected chi connectivity index (χ1v) is 46.7. The molecule has 0 aromatic heterocycles. The molecule has 12 aliphatic carbocycles. The number of carbonyl (C=O) groups is 10. The van der Waals surface area contributed by atoms with Gasteiger partial charge in [0, 0.05) is 42.9 Å². The SMILES string of the molecule is CC.CC.CC.CC.CC.CC.CC.CC.CC.CC.O=C1CCCCO1.O=C1CCCO1.O=C1OC2CC3CC1C2C3.O=C1OC2CC3CC1C2O3.O=C1OC2CC3CC2CC13.O=C1OC2CC3CCC2C1C3.O=C1OC2CCC1CC2.O=C1OC2CCCC1C2.O=C1OCC2C3CCC(C3)C12.O=C1OCC2CCCCC12. The molecule has 0 amide bonds. The Bertz CT molecular complexity index is 2700. The van der Waals surface area contributed by atoms with Crippen molar-refractivity contribution in [1.82, 2.24) is 0 Å². The van der Waals surface area contributed by atoms with Crippen LogP contribution in [0.2, 0.25) is 0 Å². The molecule has 652 valence electrons. The molecule has 24 unspecified atom stereocenters. The monoisotopic (exact) mass is 1600 g/mol. The zero-order valence-electron chi connectivity index (χ0n) is 74.0. The second-order valence-electron chi connectivity index (χ2n) is 31.3. The van der Waals surface area contributed by atoms with Gasteiger partial charge in [-0.2, -0.15) is 0 Å². The first kappa shape index (κ1) is 100. The van der Waals surface area contributed by atoms with Gasteiger partial charge in [0.1, 0.15) is 42.7 Å². The fourth-order valence-corrected chi connectivity index (χ4v) is 21.0. The predicted octanol–water partition coefficient (Wildman–Crippen LogP) is 19.4. The third kappa shape index (κ3) is 26.8. The van der Waals surface area contributed by atoms with Gasteiger partial charge in [0.25, 0.3) is 0 Å². The number of hydrogen-bond donors (Lipinski definition) is 0. The molecule has 14 heterocycles. The van der Waals surface area contributed by atoms with Crippen LogP contribution in [0.4, 0.5) is 0 Å².